The minimum atomic E-state index is -4.67. The van der Waals surface area contributed by atoms with Gasteiger partial charge in [0.1, 0.15) is 0 Å². The number of hydrogen-bond donors (Lipinski definition) is 2. The van der Waals surface area contributed by atoms with Crippen LogP contribution in [0.15, 0.2) is 18.2 Å². The van der Waals surface area contributed by atoms with Gasteiger partial charge in [0.25, 0.3) is 0 Å². The topological polar surface area (TPSA) is 88.1 Å². The van der Waals surface area contributed by atoms with Crippen molar-refractivity contribution in [2.75, 3.05) is 19.0 Å². The number of hydrogen-bond acceptors (Lipinski definition) is 4. The molecule has 21 heavy (non-hydrogen) atoms. The molecule has 1 unspecified atom stereocenters. The Balaban J connectivity index is 2.91. The second kappa shape index (κ2) is 7.06. The van der Waals surface area contributed by atoms with Crippen LogP contribution in [0.4, 0.5) is 18.9 Å². The molecule has 0 heterocycles. The maximum Gasteiger partial charge on any atom is 0.417 e. The van der Waals surface area contributed by atoms with E-state index in [0.717, 1.165) is 12.1 Å². The van der Waals surface area contributed by atoms with E-state index in [1.165, 1.54) is 19.2 Å². The summed E-state index contributed by atoms with van der Waals surface area (Å²) in [5.41, 5.74) is 3.72. The van der Waals surface area contributed by atoms with Crippen LogP contribution in [0.3, 0.4) is 0 Å². The van der Waals surface area contributed by atoms with E-state index >= 15 is 0 Å². The predicted octanol–water partition coefficient (Wildman–Crippen LogP) is 1.88. The summed E-state index contributed by atoms with van der Waals surface area (Å²) in [6.07, 6.45) is -5.25. The summed E-state index contributed by atoms with van der Waals surface area (Å²) in [5, 5.41) is 11.0. The first-order valence-corrected chi connectivity index (χ1v) is 5.95. The van der Waals surface area contributed by atoms with Crippen LogP contribution in [0, 0.1) is 11.3 Å². The van der Waals surface area contributed by atoms with Gasteiger partial charge in [-0.1, -0.05) is 0 Å². The van der Waals surface area contributed by atoms with Gasteiger partial charge < -0.3 is 15.8 Å². The average Bonchev–Trinajstić information content (AvgIpc) is 2.43. The molecule has 1 atom stereocenters. The lowest BCUT2D eigenvalue weighted by Gasteiger charge is -2.14. The van der Waals surface area contributed by atoms with E-state index in [-0.39, 0.29) is 18.7 Å². The fourth-order valence-corrected chi connectivity index (χ4v) is 1.64. The molecule has 0 aliphatic carbocycles. The summed E-state index contributed by atoms with van der Waals surface area (Å²) >= 11 is 0. The monoisotopic (exact) mass is 301 g/mol. The molecule has 0 radical (unpaired) electrons. The number of ether oxygens (including phenoxy) is 1. The largest absolute Gasteiger partial charge is 0.417 e. The summed E-state index contributed by atoms with van der Waals surface area (Å²) in [5.74, 6) is -0.523. The van der Waals surface area contributed by atoms with Crippen LogP contribution in [0.2, 0.25) is 0 Å². The number of nitrogens with one attached hydrogen (secondary N) is 1. The number of methoxy groups -OCH3 is 1. The number of alkyl halides is 3. The van der Waals surface area contributed by atoms with Crippen molar-refractivity contribution in [3.05, 3.63) is 29.3 Å². The molecule has 1 rings (SSSR count). The fraction of sp³-hybridized carbons (Fsp3) is 0.385. The van der Waals surface area contributed by atoms with Crippen molar-refractivity contribution in [3.8, 4) is 6.07 Å². The van der Waals surface area contributed by atoms with Gasteiger partial charge in [-0.15, -0.1) is 0 Å². The first-order valence-electron chi connectivity index (χ1n) is 5.95. The highest BCUT2D eigenvalue weighted by Gasteiger charge is 2.34. The van der Waals surface area contributed by atoms with Gasteiger partial charge in [-0.3, -0.25) is 4.79 Å². The van der Waals surface area contributed by atoms with Gasteiger partial charge in [0.05, 0.1) is 29.7 Å². The lowest BCUT2D eigenvalue weighted by molar-refractivity contribution is -0.137. The Morgan fingerprint density at radius 2 is 2.19 bits per heavy atom. The molecule has 8 heteroatoms. The Morgan fingerprint density at radius 3 is 2.67 bits per heavy atom. The minimum absolute atomic E-state index is 0.0433. The van der Waals surface area contributed by atoms with E-state index in [9.17, 15) is 18.0 Å². The molecular weight excluding hydrogens is 287 g/mol. The molecule has 0 saturated carbocycles. The fourth-order valence-electron chi connectivity index (χ4n) is 1.64. The lowest BCUT2D eigenvalue weighted by atomic mass is 10.1. The first kappa shape index (κ1) is 16.9. The molecule has 1 aromatic rings. The van der Waals surface area contributed by atoms with Crippen molar-refractivity contribution in [3.63, 3.8) is 0 Å². The van der Waals surface area contributed by atoms with Crippen LogP contribution in [0.25, 0.3) is 0 Å². The molecule has 0 spiro atoms. The van der Waals surface area contributed by atoms with E-state index in [0.29, 0.717) is 0 Å². The maximum atomic E-state index is 12.8. The van der Waals surface area contributed by atoms with Crippen LogP contribution < -0.4 is 11.1 Å². The third-order valence-corrected chi connectivity index (χ3v) is 2.74. The summed E-state index contributed by atoms with van der Waals surface area (Å²) in [4.78, 5) is 11.7. The molecule has 0 aliphatic heterocycles. The number of rotatable bonds is 5. The van der Waals surface area contributed by atoms with E-state index in [1.807, 2.05) is 0 Å². The molecule has 0 bridgehead atoms. The smallest absolute Gasteiger partial charge is 0.380 e. The zero-order valence-electron chi connectivity index (χ0n) is 11.2. The van der Waals surface area contributed by atoms with Crippen LogP contribution in [0.1, 0.15) is 17.5 Å². The molecular formula is C13H14F3N3O2. The highest BCUT2D eigenvalue weighted by Crippen LogP contribution is 2.33. The van der Waals surface area contributed by atoms with Crippen LogP contribution in [-0.4, -0.2) is 25.7 Å². The zero-order valence-corrected chi connectivity index (χ0v) is 11.2. The summed E-state index contributed by atoms with van der Waals surface area (Å²) in [7, 11) is 1.38. The van der Waals surface area contributed by atoms with Gasteiger partial charge in [-0.05, 0) is 18.2 Å². The minimum Gasteiger partial charge on any atom is -0.380 e. The summed E-state index contributed by atoms with van der Waals surface area (Å²) < 4.78 is 43.2. The third-order valence-electron chi connectivity index (χ3n) is 2.74. The number of carbonyl (C=O) groups excluding carboxylic acids is 1. The Kier molecular flexibility index (Phi) is 5.69. The number of nitriles is 1. The highest BCUT2D eigenvalue weighted by atomic mass is 19.4. The SMILES string of the molecule is COC(CN)CC(=O)Nc1ccc(C#N)c(C(F)(F)F)c1. The van der Waals surface area contributed by atoms with Crippen molar-refractivity contribution >= 4 is 11.6 Å². The molecule has 3 N–H and O–H groups in total. The van der Waals surface area contributed by atoms with Crippen molar-refractivity contribution in [2.24, 2.45) is 5.73 Å². The number of carbonyl (C=O) groups is 1. The van der Waals surface area contributed by atoms with Gasteiger partial charge in [0.2, 0.25) is 5.91 Å². The summed E-state index contributed by atoms with van der Waals surface area (Å²) in [6.45, 7) is 0.116. The lowest BCUT2D eigenvalue weighted by Crippen LogP contribution is -2.28. The molecule has 1 aromatic carbocycles. The molecule has 0 saturated heterocycles. The summed E-state index contributed by atoms with van der Waals surface area (Å²) in [6, 6.07) is 4.43. The molecule has 0 fully saturated rings. The van der Waals surface area contributed by atoms with Gasteiger partial charge in [-0.2, -0.15) is 18.4 Å². The van der Waals surface area contributed by atoms with Gasteiger partial charge >= 0.3 is 6.18 Å². The Bertz CT molecular complexity index is 549. The van der Waals surface area contributed by atoms with Crippen LogP contribution in [0.5, 0.6) is 0 Å². The van der Waals surface area contributed by atoms with Crippen LogP contribution >= 0.6 is 0 Å². The first-order chi connectivity index (χ1) is 9.81. The van der Waals surface area contributed by atoms with Crippen LogP contribution in [-0.2, 0) is 15.7 Å². The highest BCUT2D eigenvalue weighted by molar-refractivity contribution is 5.91. The number of benzene rings is 1. The molecule has 0 aromatic heterocycles. The predicted molar refractivity (Wildman–Crippen MR) is 69.3 cm³/mol. The average molecular weight is 301 g/mol. The maximum absolute atomic E-state index is 12.8. The second-order valence-corrected chi connectivity index (χ2v) is 4.22. The second-order valence-electron chi connectivity index (χ2n) is 4.22. The third kappa shape index (κ3) is 4.73. The van der Waals surface area contributed by atoms with E-state index < -0.39 is 29.3 Å². The van der Waals surface area contributed by atoms with E-state index in [1.54, 1.807) is 0 Å². The van der Waals surface area contributed by atoms with E-state index in [2.05, 4.69) is 5.32 Å². The number of nitrogens with two attached hydrogens (primary N) is 1. The number of nitrogens with zero attached hydrogens (tertiary/aromatic N) is 1. The number of halogens is 3. The molecule has 5 nitrogen and oxygen atoms in total. The zero-order chi connectivity index (χ0) is 16.0. The van der Waals surface area contributed by atoms with Crippen molar-refractivity contribution in [1.29, 1.82) is 5.26 Å². The Labute approximate surface area is 119 Å². The quantitative estimate of drug-likeness (QED) is 0.869. The van der Waals surface area contributed by atoms with Gasteiger partial charge in [-0.25, -0.2) is 0 Å². The van der Waals surface area contributed by atoms with Crippen molar-refractivity contribution in [1.82, 2.24) is 0 Å². The normalized spacial score (nSPS) is 12.6. The van der Waals surface area contributed by atoms with Gasteiger partial charge in [0, 0.05) is 19.3 Å². The van der Waals surface area contributed by atoms with Gasteiger partial charge in [0.15, 0.2) is 0 Å². The molecule has 1 amide bonds. The van der Waals surface area contributed by atoms with Crippen molar-refractivity contribution in [2.45, 2.75) is 18.7 Å². The standard InChI is InChI=1S/C13H14F3N3O2/c1-21-10(7-18)5-12(20)19-9-3-2-8(6-17)11(4-9)13(14,15)16/h2-4,10H,5,7,18H2,1H3,(H,19,20). The Hall–Kier alpha value is -2.11. The number of anilines is 1. The Morgan fingerprint density at radius 1 is 1.52 bits per heavy atom. The molecule has 0 aliphatic rings. The van der Waals surface area contributed by atoms with E-state index in [4.69, 9.17) is 15.7 Å². The number of amides is 1. The molecule has 114 valence electrons. The van der Waals surface area contributed by atoms with Crippen molar-refractivity contribution < 1.29 is 22.7 Å².